The summed E-state index contributed by atoms with van der Waals surface area (Å²) in [4.78, 5) is 13.1. The van der Waals surface area contributed by atoms with Gasteiger partial charge >= 0.3 is 0 Å². The summed E-state index contributed by atoms with van der Waals surface area (Å²) in [6, 6.07) is 16.4. The van der Waals surface area contributed by atoms with Crippen molar-refractivity contribution in [3.8, 4) is 11.5 Å². The van der Waals surface area contributed by atoms with Gasteiger partial charge in [0.15, 0.2) is 0 Å². The van der Waals surface area contributed by atoms with Crippen molar-refractivity contribution in [3.05, 3.63) is 76.8 Å². The number of amides is 1. The van der Waals surface area contributed by atoms with Crippen LogP contribution in [0.15, 0.2) is 65.6 Å². The van der Waals surface area contributed by atoms with Crippen LogP contribution in [0.3, 0.4) is 0 Å². The third-order valence-corrected chi connectivity index (χ3v) is 7.30. The molecule has 0 radical (unpaired) electrons. The van der Waals surface area contributed by atoms with E-state index in [0.29, 0.717) is 35.1 Å². The molecule has 1 amide bonds. The van der Waals surface area contributed by atoms with Crippen LogP contribution in [-0.2, 0) is 16.4 Å². The molecule has 1 aliphatic rings. The predicted molar refractivity (Wildman–Crippen MR) is 124 cm³/mol. The third-order valence-electron chi connectivity index (χ3n) is 5.26. The van der Waals surface area contributed by atoms with Crippen LogP contribution in [-0.4, -0.2) is 35.1 Å². The van der Waals surface area contributed by atoms with Crippen molar-refractivity contribution < 1.29 is 22.7 Å². The summed E-state index contributed by atoms with van der Waals surface area (Å²) in [5.41, 5.74) is 2.05. The first kappa shape index (κ1) is 22.0. The highest BCUT2D eigenvalue weighted by Crippen LogP contribution is 2.34. The van der Waals surface area contributed by atoms with Crippen LogP contribution >= 0.6 is 11.6 Å². The Bertz CT molecular complexity index is 1290. The maximum Gasteiger partial charge on any atom is 0.264 e. The van der Waals surface area contributed by atoms with Gasteiger partial charge in [0.2, 0.25) is 0 Å². The Labute approximate surface area is 191 Å². The summed E-state index contributed by atoms with van der Waals surface area (Å²) in [6.45, 7) is 0.342. The predicted octanol–water partition coefficient (Wildman–Crippen LogP) is 4.36. The largest absolute Gasteiger partial charge is 0.496 e. The van der Waals surface area contributed by atoms with Crippen LogP contribution < -0.4 is 19.1 Å². The molecule has 0 unspecified atom stereocenters. The van der Waals surface area contributed by atoms with Crippen molar-refractivity contribution in [1.82, 2.24) is 0 Å². The Balaban J connectivity index is 1.71. The molecule has 4 rings (SSSR count). The fourth-order valence-corrected chi connectivity index (χ4v) is 5.38. The van der Waals surface area contributed by atoms with Crippen molar-refractivity contribution in [2.75, 3.05) is 30.4 Å². The summed E-state index contributed by atoms with van der Waals surface area (Å²) in [7, 11) is -0.987. The number of halogens is 1. The molecular formula is C23H21ClN2O5S. The number of hydrogen-bond acceptors (Lipinski definition) is 5. The third kappa shape index (κ3) is 3.99. The van der Waals surface area contributed by atoms with Crippen molar-refractivity contribution in [1.29, 1.82) is 0 Å². The fourth-order valence-electron chi connectivity index (χ4n) is 3.68. The number of anilines is 2. The fraction of sp³-hybridized carbons (Fsp3) is 0.174. The van der Waals surface area contributed by atoms with Gasteiger partial charge in [-0.3, -0.25) is 9.10 Å². The molecule has 0 spiro atoms. The van der Waals surface area contributed by atoms with E-state index in [1.54, 1.807) is 30.3 Å². The standard InChI is InChI=1S/C23H21ClN2O5S/c1-30-21-10-8-17(32(28,29)26-12-11-15-5-3-4-6-20(15)26)14-18(21)23(27)25-19-13-16(24)7-9-22(19)31-2/h3-10,13-14H,11-12H2,1-2H3,(H,25,27). The van der Waals surface area contributed by atoms with E-state index < -0.39 is 15.9 Å². The number of hydrogen-bond donors (Lipinski definition) is 1. The van der Waals surface area contributed by atoms with Crippen LogP contribution in [0.2, 0.25) is 5.02 Å². The highest BCUT2D eigenvalue weighted by Gasteiger charge is 2.31. The number of benzene rings is 3. The molecule has 9 heteroatoms. The lowest BCUT2D eigenvalue weighted by molar-refractivity contribution is 0.102. The number of carbonyl (C=O) groups excluding carboxylic acids is 1. The van der Waals surface area contributed by atoms with E-state index in [2.05, 4.69) is 5.32 Å². The zero-order valence-corrected chi connectivity index (χ0v) is 19.0. The second kappa shape index (κ2) is 8.72. The molecular weight excluding hydrogens is 452 g/mol. The van der Waals surface area contributed by atoms with E-state index in [1.165, 1.54) is 36.7 Å². The Kier molecular flexibility index (Phi) is 5.99. The van der Waals surface area contributed by atoms with Gasteiger partial charge in [-0.2, -0.15) is 0 Å². The summed E-state index contributed by atoms with van der Waals surface area (Å²) in [5.74, 6) is 0.102. The quantitative estimate of drug-likeness (QED) is 0.576. The van der Waals surface area contributed by atoms with E-state index in [-0.39, 0.29) is 16.2 Å². The van der Waals surface area contributed by atoms with Gasteiger partial charge in [-0.05, 0) is 54.4 Å². The maximum absolute atomic E-state index is 13.4. The number of carbonyl (C=O) groups is 1. The van der Waals surface area contributed by atoms with Crippen LogP contribution in [0.25, 0.3) is 0 Å². The molecule has 0 fully saturated rings. The lowest BCUT2D eigenvalue weighted by Crippen LogP contribution is -2.29. The second-order valence-corrected chi connectivity index (χ2v) is 9.42. The molecule has 0 aliphatic carbocycles. The van der Waals surface area contributed by atoms with Crippen LogP contribution in [0.5, 0.6) is 11.5 Å². The normalized spacial score (nSPS) is 12.9. The Morgan fingerprint density at radius 3 is 2.47 bits per heavy atom. The molecule has 7 nitrogen and oxygen atoms in total. The minimum Gasteiger partial charge on any atom is -0.496 e. The maximum atomic E-state index is 13.4. The number of methoxy groups -OCH3 is 2. The minimum atomic E-state index is -3.87. The van der Waals surface area contributed by atoms with Gasteiger partial charge < -0.3 is 14.8 Å². The average molecular weight is 473 g/mol. The number of para-hydroxylation sites is 1. The minimum absolute atomic E-state index is 0.00166. The zero-order valence-electron chi connectivity index (χ0n) is 17.5. The van der Waals surface area contributed by atoms with Crippen LogP contribution in [0.1, 0.15) is 15.9 Å². The molecule has 0 saturated heterocycles. The number of nitrogens with one attached hydrogen (secondary N) is 1. The summed E-state index contributed by atoms with van der Waals surface area (Å²) in [6.07, 6.45) is 0.632. The summed E-state index contributed by atoms with van der Waals surface area (Å²) >= 11 is 6.04. The molecule has 3 aromatic carbocycles. The molecule has 1 aliphatic heterocycles. The van der Waals surface area contributed by atoms with Crippen molar-refractivity contribution in [2.24, 2.45) is 0 Å². The number of rotatable bonds is 6. The van der Waals surface area contributed by atoms with Gasteiger partial charge in [-0.15, -0.1) is 0 Å². The van der Waals surface area contributed by atoms with Crippen LogP contribution in [0, 0.1) is 0 Å². The summed E-state index contributed by atoms with van der Waals surface area (Å²) in [5, 5.41) is 3.13. The van der Waals surface area contributed by atoms with Crippen LogP contribution in [0.4, 0.5) is 11.4 Å². The molecule has 1 N–H and O–H groups in total. The Morgan fingerprint density at radius 1 is 1.00 bits per heavy atom. The van der Waals surface area contributed by atoms with Crippen molar-refractivity contribution >= 4 is 38.9 Å². The van der Waals surface area contributed by atoms with Gasteiger partial charge in [0.05, 0.1) is 36.1 Å². The molecule has 166 valence electrons. The molecule has 0 saturated carbocycles. The lowest BCUT2D eigenvalue weighted by Gasteiger charge is -2.20. The molecule has 0 atom stereocenters. The molecule has 1 heterocycles. The zero-order chi connectivity index (χ0) is 22.9. The van der Waals surface area contributed by atoms with Gasteiger partial charge in [0.1, 0.15) is 11.5 Å². The molecule has 0 aromatic heterocycles. The van der Waals surface area contributed by atoms with E-state index in [1.807, 2.05) is 12.1 Å². The van der Waals surface area contributed by atoms with Gasteiger partial charge in [-0.1, -0.05) is 29.8 Å². The summed E-state index contributed by atoms with van der Waals surface area (Å²) < 4.78 is 38.7. The van der Waals surface area contributed by atoms with E-state index in [0.717, 1.165) is 5.56 Å². The number of fused-ring (bicyclic) bond motifs is 1. The first-order valence-corrected chi connectivity index (χ1v) is 11.6. The molecule has 32 heavy (non-hydrogen) atoms. The first-order valence-electron chi connectivity index (χ1n) is 9.78. The molecule has 0 bridgehead atoms. The van der Waals surface area contributed by atoms with Crippen molar-refractivity contribution in [3.63, 3.8) is 0 Å². The number of ether oxygens (including phenoxy) is 2. The smallest absolute Gasteiger partial charge is 0.264 e. The van der Waals surface area contributed by atoms with E-state index in [4.69, 9.17) is 21.1 Å². The lowest BCUT2D eigenvalue weighted by atomic mass is 10.1. The number of sulfonamides is 1. The first-order chi connectivity index (χ1) is 15.3. The average Bonchev–Trinajstić information content (AvgIpc) is 3.24. The SMILES string of the molecule is COc1ccc(Cl)cc1NC(=O)c1cc(S(=O)(=O)N2CCc3ccccc32)ccc1OC. The van der Waals surface area contributed by atoms with Gasteiger partial charge in [0, 0.05) is 11.6 Å². The Morgan fingerprint density at radius 2 is 1.72 bits per heavy atom. The Hall–Kier alpha value is -3.23. The highest BCUT2D eigenvalue weighted by molar-refractivity contribution is 7.92. The highest BCUT2D eigenvalue weighted by atomic mass is 35.5. The van der Waals surface area contributed by atoms with E-state index >= 15 is 0 Å². The van der Waals surface area contributed by atoms with Crippen molar-refractivity contribution in [2.45, 2.75) is 11.3 Å². The molecule has 3 aromatic rings. The van der Waals surface area contributed by atoms with Gasteiger partial charge in [0.25, 0.3) is 15.9 Å². The second-order valence-electron chi connectivity index (χ2n) is 7.12. The van der Waals surface area contributed by atoms with E-state index in [9.17, 15) is 13.2 Å². The van der Waals surface area contributed by atoms with Gasteiger partial charge in [-0.25, -0.2) is 8.42 Å². The monoisotopic (exact) mass is 472 g/mol. The topological polar surface area (TPSA) is 84.9 Å². The number of nitrogens with zero attached hydrogens (tertiary/aromatic N) is 1.